The van der Waals surface area contributed by atoms with Crippen LogP contribution in [0, 0.1) is 17.0 Å². The molecule has 0 bridgehead atoms. The Morgan fingerprint density at radius 2 is 2.19 bits per heavy atom. The number of nitrogens with zero attached hydrogens (tertiary/aromatic N) is 4. The van der Waals surface area contributed by atoms with Gasteiger partial charge < -0.3 is 15.2 Å². The van der Waals surface area contributed by atoms with E-state index in [1.54, 1.807) is 0 Å². The van der Waals surface area contributed by atoms with Gasteiger partial charge in [0.25, 0.3) is 0 Å². The highest BCUT2D eigenvalue weighted by Gasteiger charge is 2.32. The molecule has 0 saturated carbocycles. The van der Waals surface area contributed by atoms with Crippen molar-refractivity contribution in [2.24, 2.45) is 0 Å². The third-order valence-corrected chi connectivity index (χ3v) is 2.62. The number of carboxylic acids is 1. The summed E-state index contributed by atoms with van der Waals surface area (Å²) in [6, 6.07) is 0. The minimum atomic E-state index is -4.55. The van der Waals surface area contributed by atoms with Gasteiger partial charge in [-0.2, -0.15) is 13.2 Å². The highest BCUT2D eigenvalue weighted by Crippen LogP contribution is 2.17. The van der Waals surface area contributed by atoms with Crippen molar-refractivity contribution >= 4 is 11.8 Å². The zero-order chi connectivity index (χ0) is 16.2. The van der Waals surface area contributed by atoms with E-state index in [4.69, 9.17) is 5.11 Å². The molecule has 1 heterocycles. The topological polar surface area (TPSA) is 102 Å². The van der Waals surface area contributed by atoms with E-state index in [9.17, 15) is 28.1 Å². The van der Waals surface area contributed by atoms with Crippen molar-refractivity contribution in [3.05, 3.63) is 22.1 Å². The molecule has 0 amide bonds. The molecule has 1 N–H and O–H groups in total. The molecule has 0 aromatic carbocycles. The lowest BCUT2D eigenvalue weighted by atomic mass is 10.4. The van der Waals surface area contributed by atoms with Crippen LogP contribution in [0.2, 0.25) is 0 Å². The summed E-state index contributed by atoms with van der Waals surface area (Å²) in [6.07, 6.45) is -3.55. The first-order valence-corrected chi connectivity index (χ1v) is 5.77. The molecule has 1 aromatic heterocycles. The van der Waals surface area contributed by atoms with Crippen LogP contribution >= 0.6 is 0 Å². The molecular weight excluding hydrogens is 297 g/mol. The molecule has 0 aliphatic rings. The van der Waals surface area contributed by atoms with Crippen LogP contribution in [-0.2, 0) is 11.3 Å². The molecule has 0 unspecified atom stereocenters. The Morgan fingerprint density at radius 3 is 2.67 bits per heavy atom. The summed E-state index contributed by atoms with van der Waals surface area (Å²) in [5.74, 6) is -1.49. The maximum atomic E-state index is 12.3. The number of carbonyl (C=O) groups is 1. The number of hydrogen-bond donors (Lipinski definition) is 1. The predicted octanol–water partition coefficient (Wildman–Crippen LogP) is 1.05. The van der Waals surface area contributed by atoms with Crippen LogP contribution in [0.25, 0.3) is 0 Å². The average Bonchev–Trinajstić information content (AvgIpc) is 2.64. The molecule has 8 nitrogen and oxygen atoms in total. The molecule has 0 spiro atoms. The van der Waals surface area contributed by atoms with Gasteiger partial charge >= 0.3 is 18.0 Å². The van der Waals surface area contributed by atoms with E-state index >= 15 is 0 Å². The van der Waals surface area contributed by atoms with E-state index in [2.05, 4.69) is 4.98 Å². The summed E-state index contributed by atoms with van der Waals surface area (Å²) in [5.41, 5.74) is 0. The Labute approximate surface area is 116 Å². The van der Waals surface area contributed by atoms with Crippen LogP contribution in [0.3, 0.4) is 0 Å². The average molecular weight is 310 g/mol. The van der Waals surface area contributed by atoms with Crippen LogP contribution in [0.4, 0.5) is 19.0 Å². The SMILES string of the molecule is Cc1ncc([N+](=O)[O-])n1CCN(CC(=O)O)CC(F)(F)F. The van der Waals surface area contributed by atoms with Crippen molar-refractivity contribution in [1.29, 1.82) is 0 Å². The van der Waals surface area contributed by atoms with Crippen molar-refractivity contribution in [3.63, 3.8) is 0 Å². The lowest BCUT2D eigenvalue weighted by Gasteiger charge is -2.21. The van der Waals surface area contributed by atoms with Gasteiger partial charge in [-0.25, -0.2) is 9.55 Å². The number of halogens is 3. The summed E-state index contributed by atoms with van der Waals surface area (Å²) in [4.78, 5) is 25.0. The lowest BCUT2D eigenvalue weighted by Crippen LogP contribution is -2.39. The fourth-order valence-corrected chi connectivity index (χ4v) is 1.78. The third-order valence-electron chi connectivity index (χ3n) is 2.62. The molecule has 0 atom stereocenters. The molecule has 1 aromatic rings. The van der Waals surface area contributed by atoms with Crippen LogP contribution < -0.4 is 0 Å². The van der Waals surface area contributed by atoms with Crippen molar-refractivity contribution in [2.45, 2.75) is 19.6 Å². The number of rotatable bonds is 7. The van der Waals surface area contributed by atoms with E-state index in [1.165, 1.54) is 6.92 Å². The Bertz CT molecular complexity index is 529. The summed E-state index contributed by atoms with van der Waals surface area (Å²) in [5, 5.41) is 19.3. The van der Waals surface area contributed by atoms with E-state index in [1.807, 2.05) is 0 Å². The second-order valence-electron chi connectivity index (χ2n) is 4.29. The fraction of sp³-hybridized carbons (Fsp3) is 0.600. The number of aryl methyl sites for hydroxylation is 1. The van der Waals surface area contributed by atoms with Crippen molar-refractivity contribution in [3.8, 4) is 0 Å². The zero-order valence-electron chi connectivity index (χ0n) is 11.0. The van der Waals surface area contributed by atoms with Gasteiger partial charge in [-0.3, -0.25) is 9.69 Å². The van der Waals surface area contributed by atoms with Crippen molar-refractivity contribution in [2.75, 3.05) is 19.6 Å². The number of aromatic nitrogens is 2. The maximum Gasteiger partial charge on any atom is 0.401 e. The van der Waals surface area contributed by atoms with Crippen molar-refractivity contribution < 1.29 is 28.0 Å². The second-order valence-corrected chi connectivity index (χ2v) is 4.29. The quantitative estimate of drug-likeness (QED) is 0.596. The number of hydrogen-bond acceptors (Lipinski definition) is 5. The van der Waals surface area contributed by atoms with Gasteiger partial charge in [0.05, 0.1) is 13.1 Å². The van der Waals surface area contributed by atoms with Crippen LogP contribution in [0.15, 0.2) is 6.20 Å². The van der Waals surface area contributed by atoms with Crippen molar-refractivity contribution in [1.82, 2.24) is 14.5 Å². The van der Waals surface area contributed by atoms with Gasteiger partial charge in [-0.1, -0.05) is 0 Å². The van der Waals surface area contributed by atoms with Gasteiger partial charge in [-0.15, -0.1) is 0 Å². The molecule has 1 rings (SSSR count). The molecule has 0 aliphatic carbocycles. The molecule has 21 heavy (non-hydrogen) atoms. The highest BCUT2D eigenvalue weighted by atomic mass is 19.4. The Morgan fingerprint density at radius 1 is 1.57 bits per heavy atom. The summed E-state index contributed by atoms with van der Waals surface area (Å²) in [6.45, 7) is -1.20. The Balaban J connectivity index is 2.79. The number of aliphatic carboxylic acids is 1. The zero-order valence-corrected chi connectivity index (χ0v) is 11.0. The molecule has 0 fully saturated rings. The number of nitro groups is 1. The van der Waals surface area contributed by atoms with Crippen LogP contribution in [0.5, 0.6) is 0 Å². The van der Waals surface area contributed by atoms with Gasteiger partial charge in [0, 0.05) is 13.5 Å². The minimum Gasteiger partial charge on any atom is -0.480 e. The van der Waals surface area contributed by atoms with Gasteiger partial charge in [0.15, 0.2) is 5.82 Å². The molecule has 118 valence electrons. The standard InChI is InChI=1S/C10H13F3N4O4/c1-7-14-4-8(17(20)21)16(7)3-2-15(5-9(18)19)6-10(11,12)13/h4H,2-3,5-6H2,1H3,(H,18,19). The third kappa shape index (κ3) is 5.38. The minimum absolute atomic E-state index is 0.161. The number of imidazole rings is 1. The first-order valence-electron chi connectivity index (χ1n) is 5.77. The molecular formula is C10H13F3N4O4. The van der Waals surface area contributed by atoms with Gasteiger partial charge in [0.1, 0.15) is 12.7 Å². The predicted molar refractivity (Wildman–Crippen MR) is 63.7 cm³/mol. The van der Waals surface area contributed by atoms with E-state index < -0.39 is 30.2 Å². The number of carboxylic acid groups (broad SMARTS) is 1. The lowest BCUT2D eigenvalue weighted by molar-refractivity contribution is -0.392. The first kappa shape index (κ1) is 16.9. The monoisotopic (exact) mass is 310 g/mol. The van der Waals surface area contributed by atoms with E-state index in [-0.39, 0.29) is 24.7 Å². The summed E-state index contributed by atoms with van der Waals surface area (Å²) in [7, 11) is 0. The van der Waals surface area contributed by atoms with Gasteiger partial charge in [0.2, 0.25) is 0 Å². The van der Waals surface area contributed by atoms with E-state index in [0.29, 0.717) is 4.90 Å². The van der Waals surface area contributed by atoms with E-state index in [0.717, 1.165) is 10.8 Å². The number of alkyl halides is 3. The molecule has 0 aliphatic heterocycles. The molecule has 0 saturated heterocycles. The Kier molecular flexibility index (Phi) is 5.24. The maximum absolute atomic E-state index is 12.3. The highest BCUT2D eigenvalue weighted by molar-refractivity contribution is 5.69. The first-order chi connectivity index (χ1) is 9.60. The summed E-state index contributed by atoms with van der Waals surface area (Å²) < 4.78 is 38.2. The fourth-order valence-electron chi connectivity index (χ4n) is 1.78. The largest absolute Gasteiger partial charge is 0.480 e. The second kappa shape index (κ2) is 6.52. The van der Waals surface area contributed by atoms with Crippen LogP contribution in [-0.4, -0.2) is 56.3 Å². The normalized spacial score (nSPS) is 11.9. The molecule has 11 heteroatoms. The van der Waals surface area contributed by atoms with Crippen LogP contribution in [0.1, 0.15) is 5.82 Å². The molecule has 0 radical (unpaired) electrons. The smallest absolute Gasteiger partial charge is 0.401 e. The van der Waals surface area contributed by atoms with Gasteiger partial charge in [-0.05, 0) is 4.92 Å². The Hall–Kier alpha value is -2.17. The summed E-state index contributed by atoms with van der Waals surface area (Å²) >= 11 is 0.